The quantitative estimate of drug-likeness (QED) is 0.692. The van der Waals surface area contributed by atoms with Crippen molar-refractivity contribution >= 4 is 39.3 Å². The lowest BCUT2D eigenvalue weighted by atomic mass is 9.96. The van der Waals surface area contributed by atoms with Crippen LogP contribution in [0, 0.1) is 6.92 Å². The molecule has 0 unspecified atom stereocenters. The lowest BCUT2D eigenvalue weighted by Crippen LogP contribution is -2.17. The second-order valence-corrected chi connectivity index (χ2v) is 7.72. The van der Waals surface area contributed by atoms with Crippen LogP contribution < -0.4 is 0 Å². The Bertz CT molecular complexity index is 624. The fraction of sp³-hybridized carbons (Fsp3) is 0.357. The van der Waals surface area contributed by atoms with E-state index in [0.29, 0.717) is 5.15 Å². The molecular formula is C14H15BrClN3S. The highest BCUT2D eigenvalue weighted by atomic mass is 79.9. The van der Waals surface area contributed by atoms with Gasteiger partial charge in [0, 0.05) is 21.6 Å². The summed E-state index contributed by atoms with van der Waals surface area (Å²) >= 11 is 11.1. The van der Waals surface area contributed by atoms with Crippen LogP contribution in [-0.4, -0.2) is 15.0 Å². The van der Waals surface area contributed by atoms with Gasteiger partial charge in [-0.3, -0.25) is 0 Å². The molecule has 0 aliphatic heterocycles. The maximum atomic E-state index is 6.22. The normalized spacial score (nSPS) is 11.7. The molecule has 0 aromatic carbocycles. The third-order valence-corrected chi connectivity index (χ3v) is 4.49. The molecule has 2 aromatic heterocycles. The maximum Gasteiger partial charge on any atom is 0.136 e. The summed E-state index contributed by atoms with van der Waals surface area (Å²) in [6.07, 6.45) is 1.77. The lowest BCUT2D eigenvalue weighted by molar-refractivity contribution is 0.537. The minimum Gasteiger partial charge on any atom is -0.248 e. The standard InChI is InChI=1S/C14H15BrClN3S/c1-8-11(16)18-13(14(2,3)4)19-12(8)20-10-6-5-9(15)7-17-10/h5-7H,1-4H3. The predicted molar refractivity (Wildman–Crippen MR) is 86.5 cm³/mol. The number of nitrogens with zero attached hydrogens (tertiary/aromatic N) is 3. The average Bonchev–Trinajstić information content (AvgIpc) is 2.36. The van der Waals surface area contributed by atoms with Crippen LogP contribution in [-0.2, 0) is 5.41 Å². The van der Waals surface area contributed by atoms with E-state index in [-0.39, 0.29) is 5.41 Å². The van der Waals surface area contributed by atoms with Gasteiger partial charge in [-0.1, -0.05) is 32.4 Å². The second kappa shape index (κ2) is 6.00. The summed E-state index contributed by atoms with van der Waals surface area (Å²) in [6, 6.07) is 3.90. The van der Waals surface area contributed by atoms with Crippen molar-refractivity contribution in [1.29, 1.82) is 0 Å². The maximum absolute atomic E-state index is 6.22. The first-order valence-electron chi connectivity index (χ1n) is 6.11. The molecule has 0 radical (unpaired) electrons. The summed E-state index contributed by atoms with van der Waals surface area (Å²) in [5.41, 5.74) is 0.745. The van der Waals surface area contributed by atoms with Crippen LogP contribution in [0.4, 0.5) is 0 Å². The molecule has 0 aliphatic rings. The van der Waals surface area contributed by atoms with Crippen LogP contribution in [0.3, 0.4) is 0 Å². The summed E-state index contributed by atoms with van der Waals surface area (Å²) in [4.78, 5) is 13.4. The number of pyridine rings is 1. The van der Waals surface area contributed by atoms with Crippen molar-refractivity contribution in [1.82, 2.24) is 15.0 Å². The van der Waals surface area contributed by atoms with Crippen molar-refractivity contribution in [3.05, 3.63) is 39.3 Å². The van der Waals surface area contributed by atoms with E-state index in [1.807, 2.05) is 19.1 Å². The van der Waals surface area contributed by atoms with Crippen LogP contribution in [0.1, 0.15) is 32.2 Å². The van der Waals surface area contributed by atoms with Crippen molar-refractivity contribution in [3.63, 3.8) is 0 Å². The zero-order chi connectivity index (χ0) is 14.9. The number of hydrogen-bond acceptors (Lipinski definition) is 4. The van der Waals surface area contributed by atoms with Gasteiger partial charge in [0.15, 0.2) is 0 Å². The van der Waals surface area contributed by atoms with Crippen molar-refractivity contribution in [2.24, 2.45) is 0 Å². The Morgan fingerprint density at radius 2 is 1.90 bits per heavy atom. The highest BCUT2D eigenvalue weighted by Gasteiger charge is 2.21. The SMILES string of the molecule is Cc1c(Cl)nc(C(C)(C)C)nc1Sc1ccc(Br)cn1. The van der Waals surface area contributed by atoms with E-state index in [4.69, 9.17) is 11.6 Å². The summed E-state index contributed by atoms with van der Waals surface area (Å²) in [6.45, 7) is 8.14. The summed E-state index contributed by atoms with van der Waals surface area (Å²) in [5, 5.41) is 2.24. The molecule has 2 aromatic rings. The Hall–Kier alpha value is -0.650. The van der Waals surface area contributed by atoms with Gasteiger partial charge < -0.3 is 0 Å². The van der Waals surface area contributed by atoms with Crippen LogP contribution in [0.25, 0.3) is 0 Å². The Balaban J connectivity index is 2.40. The summed E-state index contributed by atoms with van der Waals surface area (Å²) < 4.78 is 0.953. The average molecular weight is 373 g/mol. The first-order valence-corrected chi connectivity index (χ1v) is 8.10. The van der Waals surface area contributed by atoms with Gasteiger partial charge in [-0.05, 0) is 46.7 Å². The molecular weight excluding hydrogens is 358 g/mol. The van der Waals surface area contributed by atoms with Crippen molar-refractivity contribution in [2.45, 2.75) is 43.2 Å². The van der Waals surface area contributed by atoms with E-state index >= 15 is 0 Å². The number of aromatic nitrogens is 3. The zero-order valence-electron chi connectivity index (χ0n) is 11.7. The zero-order valence-corrected chi connectivity index (χ0v) is 14.9. The van der Waals surface area contributed by atoms with E-state index in [9.17, 15) is 0 Å². The Morgan fingerprint density at radius 1 is 1.20 bits per heavy atom. The minimum absolute atomic E-state index is 0.139. The van der Waals surface area contributed by atoms with Gasteiger partial charge >= 0.3 is 0 Å². The van der Waals surface area contributed by atoms with E-state index < -0.39 is 0 Å². The number of halogens is 2. The molecule has 0 fully saturated rings. The molecule has 20 heavy (non-hydrogen) atoms. The Morgan fingerprint density at radius 3 is 2.45 bits per heavy atom. The van der Waals surface area contributed by atoms with Crippen LogP contribution >= 0.6 is 39.3 Å². The Kier molecular flexibility index (Phi) is 4.72. The van der Waals surface area contributed by atoms with Crippen LogP contribution in [0.5, 0.6) is 0 Å². The Labute approximate surface area is 136 Å². The van der Waals surface area contributed by atoms with Gasteiger partial charge in [-0.2, -0.15) is 0 Å². The molecule has 0 aliphatic carbocycles. The van der Waals surface area contributed by atoms with Crippen LogP contribution in [0.2, 0.25) is 5.15 Å². The van der Waals surface area contributed by atoms with Crippen molar-refractivity contribution in [3.8, 4) is 0 Å². The minimum atomic E-state index is -0.139. The highest BCUT2D eigenvalue weighted by Crippen LogP contribution is 2.32. The monoisotopic (exact) mass is 371 g/mol. The van der Waals surface area contributed by atoms with Gasteiger partial charge in [0.2, 0.25) is 0 Å². The fourth-order valence-electron chi connectivity index (χ4n) is 1.43. The topological polar surface area (TPSA) is 38.7 Å². The molecule has 0 bridgehead atoms. The van der Waals surface area contributed by atoms with Crippen molar-refractivity contribution < 1.29 is 0 Å². The molecule has 3 nitrogen and oxygen atoms in total. The predicted octanol–water partition coefficient (Wildman–Crippen LogP) is 5.04. The van der Waals surface area contributed by atoms with Gasteiger partial charge in [-0.25, -0.2) is 15.0 Å². The molecule has 0 saturated heterocycles. The molecule has 2 rings (SSSR count). The second-order valence-electron chi connectivity index (χ2n) is 5.43. The van der Waals surface area contributed by atoms with Gasteiger partial charge in [0.25, 0.3) is 0 Å². The van der Waals surface area contributed by atoms with Gasteiger partial charge in [-0.15, -0.1) is 0 Å². The number of rotatable bonds is 2. The van der Waals surface area contributed by atoms with E-state index in [1.54, 1.807) is 6.20 Å². The third-order valence-electron chi connectivity index (χ3n) is 2.61. The molecule has 106 valence electrons. The summed E-state index contributed by atoms with van der Waals surface area (Å²) in [5.74, 6) is 0.743. The molecule has 0 saturated carbocycles. The van der Waals surface area contributed by atoms with E-state index in [1.165, 1.54) is 11.8 Å². The van der Waals surface area contributed by atoms with E-state index in [0.717, 1.165) is 25.9 Å². The molecule has 0 spiro atoms. The molecule has 0 amide bonds. The largest absolute Gasteiger partial charge is 0.248 e. The third kappa shape index (κ3) is 3.71. The smallest absolute Gasteiger partial charge is 0.136 e. The van der Waals surface area contributed by atoms with Gasteiger partial charge in [0.05, 0.1) is 0 Å². The van der Waals surface area contributed by atoms with Crippen molar-refractivity contribution in [2.75, 3.05) is 0 Å². The molecule has 0 N–H and O–H groups in total. The van der Waals surface area contributed by atoms with E-state index in [2.05, 4.69) is 51.7 Å². The summed E-state index contributed by atoms with van der Waals surface area (Å²) in [7, 11) is 0. The lowest BCUT2D eigenvalue weighted by Gasteiger charge is -2.18. The van der Waals surface area contributed by atoms with Crippen LogP contribution in [0.15, 0.2) is 32.9 Å². The molecule has 6 heteroatoms. The first kappa shape index (κ1) is 15.7. The molecule has 0 atom stereocenters. The highest BCUT2D eigenvalue weighted by molar-refractivity contribution is 9.10. The van der Waals surface area contributed by atoms with Gasteiger partial charge in [0.1, 0.15) is 21.0 Å². The molecule has 2 heterocycles. The fourth-order valence-corrected chi connectivity index (χ4v) is 2.71. The first-order chi connectivity index (χ1) is 9.27. The number of hydrogen-bond donors (Lipinski definition) is 0.